The van der Waals surface area contributed by atoms with Crippen LogP contribution in [0.3, 0.4) is 0 Å². The molecule has 8 nitrogen and oxygen atoms in total. The normalized spacial score (nSPS) is 11.0. The third-order valence-corrected chi connectivity index (χ3v) is 5.38. The molecule has 29 heavy (non-hydrogen) atoms. The van der Waals surface area contributed by atoms with E-state index in [2.05, 4.69) is 15.6 Å². The minimum Gasteiger partial charge on any atom is -0.451 e. The van der Waals surface area contributed by atoms with E-state index >= 15 is 0 Å². The van der Waals surface area contributed by atoms with Gasteiger partial charge in [0.1, 0.15) is 9.71 Å². The van der Waals surface area contributed by atoms with E-state index in [1.165, 1.54) is 11.3 Å². The van der Waals surface area contributed by atoms with Gasteiger partial charge in [-0.1, -0.05) is 16.8 Å². The van der Waals surface area contributed by atoms with E-state index in [0.717, 1.165) is 21.6 Å². The van der Waals surface area contributed by atoms with E-state index < -0.39 is 18.5 Å². The zero-order valence-electron chi connectivity index (χ0n) is 15.4. The molecule has 0 aliphatic rings. The molecule has 1 N–H and O–H groups in total. The highest BCUT2D eigenvalue weighted by atomic mass is 35.5. The number of hydrogen-bond donors (Lipinski definition) is 1. The Bertz CT molecular complexity index is 1210. The molecule has 0 fully saturated rings. The summed E-state index contributed by atoms with van der Waals surface area (Å²) in [5.74, 6) is -0.902. The number of ether oxygens (including phenoxy) is 1. The van der Waals surface area contributed by atoms with E-state index in [1.54, 1.807) is 35.9 Å². The minimum absolute atomic E-state index is 0.198. The number of thiophene rings is 1. The van der Waals surface area contributed by atoms with Crippen molar-refractivity contribution in [1.29, 1.82) is 0 Å². The number of anilines is 1. The van der Waals surface area contributed by atoms with Crippen molar-refractivity contribution < 1.29 is 18.8 Å². The molecule has 1 amide bonds. The van der Waals surface area contributed by atoms with Gasteiger partial charge in [-0.3, -0.25) is 10.1 Å². The molecule has 0 saturated carbocycles. The molecule has 3 heterocycles. The van der Waals surface area contributed by atoms with E-state index in [4.69, 9.17) is 20.9 Å². The molecule has 0 atom stereocenters. The number of rotatable bonds is 5. The standard InChI is InChI=1S/C19H15ClN4O4S/c1-10-7-17(28-23-10)21-16(25)9-27-19(26)15-8-14-11(2)22-24(18(14)29-15)13-5-3-12(20)4-6-13/h3-8H,9H2,1-2H3,(H,21,25). The highest BCUT2D eigenvalue weighted by Crippen LogP contribution is 2.31. The van der Waals surface area contributed by atoms with Crippen molar-refractivity contribution in [2.75, 3.05) is 11.9 Å². The first-order valence-corrected chi connectivity index (χ1v) is 9.75. The summed E-state index contributed by atoms with van der Waals surface area (Å²) in [6, 6.07) is 10.5. The highest BCUT2D eigenvalue weighted by molar-refractivity contribution is 7.20. The molecular weight excluding hydrogens is 416 g/mol. The Labute approximate surface area is 174 Å². The van der Waals surface area contributed by atoms with Crippen molar-refractivity contribution in [3.63, 3.8) is 0 Å². The van der Waals surface area contributed by atoms with Crippen molar-refractivity contribution in [3.8, 4) is 5.69 Å². The van der Waals surface area contributed by atoms with Crippen molar-refractivity contribution >= 4 is 50.9 Å². The average Bonchev–Trinajstić information content (AvgIpc) is 3.38. The lowest BCUT2D eigenvalue weighted by molar-refractivity contribution is -0.119. The monoisotopic (exact) mass is 430 g/mol. The van der Waals surface area contributed by atoms with Crippen molar-refractivity contribution in [3.05, 3.63) is 57.7 Å². The maximum atomic E-state index is 12.4. The van der Waals surface area contributed by atoms with Gasteiger partial charge in [-0.05, 0) is 44.2 Å². The van der Waals surface area contributed by atoms with Crippen LogP contribution in [-0.4, -0.2) is 33.4 Å². The summed E-state index contributed by atoms with van der Waals surface area (Å²) in [4.78, 5) is 25.5. The third-order valence-electron chi connectivity index (χ3n) is 4.04. The molecule has 4 rings (SSSR count). The molecule has 4 aromatic rings. The van der Waals surface area contributed by atoms with Crippen molar-refractivity contribution in [2.45, 2.75) is 13.8 Å². The molecule has 0 bridgehead atoms. The van der Waals surface area contributed by atoms with Crippen LogP contribution in [0.1, 0.15) is 21.1 Å². The number of benzene rings is 1. The van der Waals surface area contributed by atoms with Crippen molar-refractivity contribution in [2.24, 2.45) is 0 Å². The number of aromatic nitrogens is 3. The Hall–Kier alpha value is -3.17. The maximum absolute atomic E-state index is 12.4. The van der Waals surface area contributed by atoms with Gasteiger partial charge in [-0.2, -0.15) is 5.10 Å². The largest absolute Gasteiger partial charge is 0.451 e. The lowest BCUT2D eigenvalue weighted by Crippen LogP contribution is -2.20. The van der Waals surface area contributed by atoms with Gasteiger partial charge in [-0.25, -0.2) is 9.48 Å². The van der Waals surface area contributed by atoms with Gasteiger partial charge in [0.2, 0.25) is 5.88 Å². The van der Waals surface area contributed by atoms with Gasteiger partial charge >= 0.3 is 5.97 Å². The number of esters is 1. The maximum Gasteiger partial charge on any atom is 0.348 e. The van der Waals surface area contributed by atoms with E-state index in [9.17, 15) is 9.59 Å². The number of nitrogens with zero attached hydrogens (tertiary/aromatic N) is 3. The molecule has 0 aliphatic carbocycles. The van der Waals surface area contributed by atoms with Gasteiger partial charge in [0.25, 0.3) is 5.91 Å². The van der Waals surface area contributed by atoms with Crippen LogP contribution >= 0.6 is 22.9 Å². The van der Waals surface area contributed by atoms with Crippen LogP contribution in [0, 0.1) is 13.8 Å². The van der Waals surface area contributed by atoms with E-state index in [0.29, 0.717) is 15.6 Å². The summed E-state index contributed by atoms with van der Waals surface area (Å²) < 4.78 is 11.8. The molecule has 148 valence electrons. The second kappa shape index (κ2) is 7.69. The zero-order chi connectivity index (χ0) is 20.5. The smallest absolute Gasteiger partial charge is 0.348 e. The van der Waals surface area contributed by atoms with E-state index in [-0.39, 0.29) is 5.88 Å². The summed E-state index contributed by atoms with van der Waals surface area (Å²) in [5, 5.41) is 12.1. The lowest BCUT2D eigenvalue weighted by atomic mass is 10.3. The number of aryl methyl sites for hydroxylation is 2. The SMILES string of the molecule is Cc1cc(NC(=O)COC(=O)c2cc3c(C)nn(-c4ccc(Cl)cc4)c3s2)on1. The van der Waals surface area contributed by atoms with Crippen LogP contribution in [0.5, 0.6) is 0 Å². The van der Waals surface area contributed by atoms with Crippen LogP contribution in [0.2, 0.25) is 5.02 Å². The fourth-order valence-electron chi connectivity index (χ4n) is 2.70. The van der Waals surface area contributed by atoms with Gasteiger partial charge < -0.3 is 9.26 Å². The van der Waals surface area contributed by atoms with Gasteiger partial charge in [0.05, 0.1) is 17.1 Å². The van der Waals surface area contributed by atoms with Gasteiger partial charge in [0, 0.05) is 16.5 Å². The highest BCUT2D eigenvalue weighted by Gasteiger charge is 2.19. The number of amides is 1. The fourth-order valence-corrected chi connectivity index (χ4v) is 3.91. The Morgan fingerprint density at radius 3 is 2.69 bits per heavy atom. The number of fused-ring (bicyclic) bond motifs is 1. The van der Waals surface area contributed by atoms with Gasteiger partial charge in [-0.15, -0.1) is 11.3 Å². The minimum atomic E-state index is -0.586. The summed E-state index contributed by atoms with van der Waals surface area (Å²) in [5.41, 5.74) is 2.24. The molecule has 10 heteroatoms. The lowest BCUT2D eigenvalue weighted by Gasteiger charge is -2.03. The number of nitrogens with one attached hydrogen (secondary N) is 1. The first kappa shape index (κ1) is 19.2. The first-order valence-electron chi connectivity index (χ1n) is 8.56. The predicted molar refractivity (Wildman–Crippen MR) is 109 cm³/mol. The van der Waals surface area contributed by atoms with Crippen LogP contribution in [0.4, 0.5) is 5.88 Å². The third kappa shape index (κ3) is 4.01. The predicted octanol–water partition coefficient (Wildman–Crippen LogP) is 4.14. The Morgan fingerprint density at radius 1 is 1.24 bits per heavy atom. The summed E-state index contributed by atoms with van der Waals surface area (Å²) in [6.45, 7) is 3.16. The number of carbonyl (C=O) groups is 2. The molecule has 0 unspecified atom stereocenters. The molecule has 3 aromatic heterocycles. The average molecular weight is 431 g/mol. The van der Waals surface area contributed by atoms with E-state index in [1.807, 2.05) is 19.1 Å². The molecule has 0 spiro atoms. The zero-order valence-corrected chi connectivity index (χ0v) is 17.0. The number of carbonyl (C=O) groups excluding carboxylic acids is 2. The van der Waals surface area contributed by atoms with Crippen LogP contribution in [0.15, 0.2) is 40.9 Å². The second-order valence-corrected chi connectivity index (χ2v) is 7.73. The molecular formula is C19H15ClN4O4S. The molecule has 0 radical (unpaired) electrons. The summed E-state index contributed by atoms with van der Waals surface area (Å²) in [7, 11) is 0. The summed E-state index contributed by atoms with van der Waals surface area (Å²) >= 11 is 7.19. The molecule has 0 aliphatic heterocycles. The van der Waals surface area contributed by atoms with Crippen LogP contribution < -0.4 is 5.32 Å². The first-order chi connectivity index (χ1) is 13.9. The Kier molecular flexibility index (Phi) is 5.08. The molecule has 1 aromatic carbocycles. The summed E-state index contributed by atoms with van der Waals surface area (Å²) in [6.07, 6.45) is 0. The fraction of sp³-hybridized carbons (Fsp3) is 0.158. The van der Waals surface area contributed by atoms with Crippen LogP contribution in [-0.2, 0) is 9.53 Å². The topological polar surface area (TPSA) is 99.2 Å². The van der Waals surface area contributed by atoms with Gasteiger partial charge in [0.15, 0.2) is 6.61 Å². The molecule has 0 saturated heterocycles. The second-order valence-electron chi connectivity index (χ2n) is 6.26. The Balaban J connectivity index is 1.49. The number of hydrogen-bond acceptors (Lipinski definition) is 7. The van der Waals surface area contributed by atoms with Crippen molar-refractivity contribution in [1.82, 2.24) is 14.9 Å². The quantitative estimate of drug-likeness (QED) is 0.478. The van der Waals surface area contributed by atoms with Crippen LogP contribution in [0.25, 0.3) is 15.9 Å². The number of halogens is 1. The Morgan fingerprint density at radius 2 is 2.00 bits per heavy atom.